The second-order valence-corrected chi connectivity index (χ2v) is 3.97. The third kappa shape index (κ3) is 3.61. The molecule has 5 nitrogen and oxygen atoms in total. The topological polar surface area (TPSA) is 75.6 Å². The molecular weight excluding hydrogens is 216 g/mol. The van der Waals surface area contributed by atoms with Crippen molar-refractivity contribution >= 4 is 18.3 Å². The predicted molar refractivity (Wildman–Crippen MR) is 62.9 cm³/mol. The summed E-state index contributed by atoms with van der Waals surface area (Å²) in [6.45, 7) is 4.69. The summed E-state index contributed by atoms with van der Waals surface area (Å²) in [7, 11) is 2.04. The van der Waals surface area contributed by atoms with Crippen molar-refractivity contribution in [1.82, 2.24) is 9.80 Å². The van der Waals surface area contributed by atoms with E-state index < -0.39 is 6.04 Å². The van der Waals surface area contributed by atoms with Gasteiger partial charge in [-0.2, -0.15) is 0 Å². The smallest absolute Gasteiger partial charge is 0.239 e. The zero-order valence-corrected chi connectivity index (χ0v) is 10.2. The summed E-state index contributed by atoms with van der Waals surface area (Å²) in [5.41, 5.74) is 11.2. The molecule has 1 saturated heterocycles. The molecule has 6 heteroatoms. The second kappa shape index (κ2) is 6.27. The fourth-order valence-electron chi connectivity index (χ4n) is 1.76. The number of piperazine rings is 1. The summed E-state index contributed by atoms with van der Waals surface area (Å²) in [5, 5.41) is 0. The highest BCUT2D eigenvalue weighted by Crippen LogP contribution is 2.08. The highest BCUT2D eigenvalue weighted by Gasteiger charge is 2.29. The molecule has 4 N–H and O–H groups in total. The van der Waals surface area contributed by atoms with Gasteiger partial charge >= 0.3 is 0 Å². The molecule has 1 aliphatic heterocycles. The average Bonchev–Trinajstić information content (AvgIpc) is 2.16. The summed E-state index contributed by atoms with van der Waals surface area (Å²) in [5.74, 6) is 0.00792. The Hall–Kier alpha value is -0.360. The molecule has 1 heterocycles. The predicted octanol–water partition coefficient (Wildman–Crippen LogP) is -1.14. The van der Waals surface area contributed by atoms with Gasteiger partial charge in [-0.1, -0.05) is 0 Å². The van der Waals surface area contributed by atoms with E-state index in [0.29, 0.717) is 6.54 Å². The molecule has 0 saturated carbocycles. The zero-order valence-electron chi connectivity index (χ0n) is 9.35. The van der Waals surface area contributed by atoms with Gasteiger partial charge in [-0.05, 0) is 14.0 Å². The highest BCUT2D eigenvalue weighted by molar-refractivity contribution is 5.85. The van der Waals surface area contributed by atoms with Gasteiger partial charge in [0.05, 0.1) is 12.1 Å². The number of likely N-dealkylation sites (N-methyl/N-ethyl adjacent to an activating group) is 1. The van der Waals surface area contributed by atoms with Crippen LogP contribution in [0.15, 0.2) is 0 Å². The quantitative estimate of drug-likeness (QED) is 0.636. The fraction of sp³-hybridized carbons (Fsp3) is 0.889. The van der Waals surface area contributed by atoms with E-state index >= 15 is 0 Å². The molecular formula is C9H21ClN4O. The Morgan fingerprint density at radius 3 is 2.60 bits per heavy atom. The number of hydrogen-bond donors (Lipinski definition) is 2. The second-order valence-electron chi connectivity index (χ2n) is 3.97. The Morgan fingerprint density at radius 1 is 1.53 bits per heavy atom. The van der Waals surface area contributed by atoms with Gasteiger partial charge in [-0.3, -0.25) is 4.79 Å². The van der Waals surface area contributed by atoms with Crippen LogP contribution in [0.4, 0.5) is 0 Å². The zero-order chi connectivity index (χ0) is 10.7. The van der Waals surface area contributed by atoms with Crippen molar-refractivity contribution in [3.63, 3.8) is 0 Å². The molecule has 1 fully saturated rings. The number of carbonyl (C=O) groups excluding carboxylic acids is 1. The SMILES string of the molecule is CC(N)C(=O)N1CCN(C)CC1CN.Cl. The van der Waals surface area contributed by atoms with Crippen molar-refractivity contribution in [2.45, 2.75) is 19.0 Å². The Kier molecular flexibility index (Phi) is 6.12. The van der Waals surface area contributed by atoms with Crippen molar-refractivity contribution in [2.75, 3.05) is 33.2 Å². The molecule has 1 amide bonds. The van der Waals surface area contributed by atoms with Crippen LogP contribution in [0.25, 0.3) is 0 Å². The number of nitrogens with two attached hydrogens (primary N) is 2. The van der Waals surface area contributed by atoms with Crippen molar-refractivity contribution < 1.29 is 4.79 Å². The van der Waals surface area contributed by atoms with Gasteiger partial charge in [0, 0.05) is 26.2 Å². The molecule has 0 aliphatic carbocycles. The van der Waals surface area contributed by atoms with E-state index in [2.05, 4.69) is 4.90 Å². The summed E-state index contributed by atoms with van der Waals surface area (Å²) in [4.78, 5) is 15.7. The van der Waals surface area contributed by atoms with E-state index in [1.807, 2.05) is 11.9 Å². The maximum atomic E-state index is 11.7. The largest absolute Gasteiger partial charge is 0.335 e. The number of nitrogens with zero attached hydrogens (tertiary/aromatic N) is 2. The minimum absolute atomic E-state index is 0. The van der Waals surface area contributed by atoms with Crippen LogP contribution in [0.3, 0.4) is 0 Å². The van der Waals surface area contributed by atoms with Crippen LogP contribution in [0.1, 0.15) is 6.92 Å². The average molecular weight is 237 g/mol. The minimum Gasteiger partial charge on any atom is -0.335 e. The Balaban J connectivity index is 0.00000196. The Bertz CT molecular complexity index is 212. The lowest BCUT2D eigenvalue weighted by atomic mass is 10.1. The molecule has 0 radical (unpaired) electrons. The van der Waals surface area contributed by atoms with E-state index in [1.54, 1.807) is 6.92 Å². The molecule has 0 aromatic carbocycles. The first-order valence-corrected chi connectivity index (χ1v) is 5.01. The molecule has 0 aromatic heterocycles. The van der Waals surface area contributed by atoms with Crippen molar-refractivity contribution in [2.24, 2.45) is 11.5 Å². The molecule has 1 aliphatic rings. The number of rotatable bonds is 2. The highest BCUT2D eigenvalue weighted by atomic mass is 35.5. The number of halogens is 1. The Labute approximate surface area is 97.2 Å². The van der Waals surface area contributed by atoms with Crippen LogP contribution in [0.5, 0.6) is 0 Å². The van der Waals surface area contributed by atoms with Gasteiger partial charge in [-0.15, -0.1) is 12.4 Å². The molecule has 0 aromatic rings. The maximum absolute atomic E-state index is 11.7. The third-order valence-corrected chi connectivity index (χ3v) is 2.63. The minimum atomic E-state index is -0.424. The van der Waals surface area contributed by atoms with E-state index in [4.69, 9.17) is 11.5 Å². The summed E-state index contributed by atoms with van der Waals surface area (Å²) in [6.07, 6.45) is 0. The first kappa shape index (κ1) is 14.6. The first-order chi connectivity index (χ1) is 6.56. The lowest BCUT2D eigenvalue weighted by Gasteiger charge is -2.40. The molecule has 2 unspecified atom stereocenters. The first-order valence-electron chi connectivity index (χ1n) is 5.01. The molecule has 0 spiro atoms. The van der Waals surface area contributed by atoms with E-state index in [9.17, 15) is 4.79 Å². The third-order valence-electron chi connectivity index (χ3n) is 2.63. The van der Waals surface area contributed by atoms with Crippen molar-refractivity contribution in [3.8, 4) is 0 Å². The number of carbonyl (C=O) groups is 1. The number of hydrogen-bond acceptors (Lipinski definition) is 4. The van der Waals surface area contributed by atoms with Gasteiger partial charge in [-0.25, -0.2) is 0 Å². The Morgan fingerprint density at radius 2 is 2.13 bits per heavy atom. The van der Waals surface area contributed by atoms with Crippen LogP contribution < -0.4 is 11.5 Å². The van der Waals surface area contributed by atoms with Crippen LogP contribution in [-0.2, 0) is 4.79 Å². The summed E-state index contributed by atoms with van der Waals surface area (Å²) in [6, 6.07) is -0.306. The lowest BCUT2D eigenvalue weighted by molar-refractivity contribution is -0.136. The molecule has 0 bridgehead atoms. The maximum Gasteiger partial charge on any atom is 0.239 e. The van der Waals surface area contributed by atoms with Crippen LogP contribution >= 0.6 is 12.4 Å². The fourth-order valence-corrected chi connectivity index (χ4v) is 1.76. The van der Waals surface area contributed by atoms with Crippen molar-refractivity contribution in [1.29, 1.82) is 0 Å². The number of amides is 1. The standard InChI is InChI=1S/C9H20N4O.ClH/c1-7(11)9(14)13-4-3-12(2)6-8(13)5-10;/h7-8H,3-6,10-11H2,1-2H3;1H. The van der Waals surface area contributed by atoms with E-state index in [1.165, 1.54) is 0 Å². The molecule has 2 atom stereocenters. The van der Waals surface area contributed by atoms with E-state index in [-0.39, 0.29) is 24.4 Å². The van der Waals surface area contributed by atoms with E-state index in [0.717, 1.165) is 19.6 Å². The molecule has 1 rings (SSSR count). The van der Waals surface area contributed by atoms with Gasteiger partial charge in [0.2, 0.25) is 5.91 Å². The van der Waals surface area contributed by atoms with Crippen LogP contribution in [-0.4, -0.2) is 61.0 Å². The van der Waals surface area contributed by atoms with Gasteiger partial charge in [0.1, 0.15) is 0 Å². The lowest BCUT2D eigenvalue weighted by Crippen LogP contribution is -2.59. The van der Waals surface area contributed by atoms with Gasteiger partial charge < -0.3 is 21.3 Å². The normalized spacial score (nSPS) is 24.5. The summed E-state index contributed by atoms with van der Waals surface area (Å²) >= 11 is 0. The molecule has 90 valence electrons. The van der Waals surface area contributed by atoms with Crippen LogP contribution in [0.2, 0.25) is 0 Å². The van der Waals surface area contributed by atoms with Crippen molar-refractivity contribution in [3.05, 3.63) is 0 Å². The van der Waals surface area contributed by atoms with Crippen LogP contribution in [0, 0.1) is 0 Å². The molecule has 15 heavy (non-hydrogen) atoms. The summed E-state index contributed by atoms with van der Waals surface area (Å²) < 4.78 is 0. The monoisotopic (exact) mass is 236 g/mol. The van der Waals surface area contributed by atoms with Gasteiger partial charge in [0.25, 0.3) is 0 Å². The van der Waals surface area contributed by atoms with Gasteiger partial charge in [0.15, 0.2) is 0 Å².